The first-order chi connectivity index (χ1) is 11.7. The average Bonchev–Trinajstić information content (AvgIpc) is 2.58. The standard InChI is InChI=1S/C19H24BrFN2O/c1-2-22-10-5-11-23-13-16-12-17(20)8-9-19(16)24-14-15-6-3-4-7-18(15)21/h3-4,6-9,12,22-23H,2,5,10-11,13-14H2,1H3. The third-order valence-corrected chi connectivity index (χ3v) is 4.13. The van der Waals surface area contributed by atoms with E-state index in [1.54, 1.807) is 12.1 Å². The van der Waals surface area contributed by atoms with Gasteiger partial charge in [-0.05, 0) is 50.3 Å². The van der Waals surface area contributed by atoms with Crippen molar-refractivity contribution in [3.63, 3.8) is 0 Å². The molecular weight excluding hydrogens is 371 g/mol. The Morgan fingerprint density at radius 2 is 1.83 bits per heavy atom. The molecular formula is C19H24BrFN2O. The first kappa shape index (κ1) is 18.9. The SMILES string of the molecule is CCNCCCNCc1cc(Br)ccc1OCc1ccccc1F. The molecule has 2 rings (SSSR count). The maximum absolute atomic E-state index is 13.7. The predicted molar refractivity (Wildman–Crippen MR) is 99.7 cm³/mol. The number of nitrogens with one attached hydrogen (secondary N) is 2. The molecule has 0 heterocycles. The zero-order valence-electron chi connectivity index (χ0n) is 13.9. The fourth-order valence-electron chi connectivity index (χ4n) is 2.34. The molecule has 0 unspecified atom stereocenters. The molecule has 0 aromatic heterocycles. The van der Waals surface area contributed by atoms with Crippen molar-refractivity contribution in [2.75, 3.05) is 19.6 Å². The van der Waals surface area contributed by atoms with Gasteiger partial charge < -0.3 is 15.4 Å². The Hall–Kier alpha value is -1.43. The van der Waals surface area contributed by atoms with Crippen LogP contribution in [0.5, 0.6) is 5.75 Å². The van der Waals surface area contributed by atoms with Gasteiger partial charge in [0, 0.05) is 22.1 Å². The van der Waals surface area contributed by atoms with Crippen LogP contribution < -0.4 is 15.4 Å². The van der Waals surface area contributed by atoms with E-state index in [1.165, 1.54) is 6.07 Å². The summed E-state index contributed by atoms with van der Waals surface area (Å²) in [7, 11) is 0. The summed E-state index contributed by atoms with van der Waals surface area (Å²) >= 11 is 3.49. The molecule has 5 heteroatoms. The van der Waals surface area contributed by atoms with E-state index in [4.69, 9.17) is 4.74 Å². The van der Waals surface area contributed by atoms with Crippen LogP contribution in [-0.2, 0) is 13.2 Å². The molecule has 2 N–H and O–H groups in total. The van der Waals surface area contributed by atoms with Gasteiger partial charge in [-0.3, -0.25) is 0 Å². The van der Waals surface area contributed by atoms with Crippen molar-refractivity contribution in [2.45, 2.75) is 26.5 Å². The highest BCUT2D eigenvalue weighted by atomic mass is 79.9. The summed E-state index contributed by atoms with van der Waals surface area (Å²) in [5.41, 5.74) is 1.62. The zero-order valence-corrected chi connectivity index (χ0v) is 15.5. The van der Waals surface area contributed by atoms with E-state index in [9.17, 15) is 4.39 Å². The van der Waals surface area contributed by atoms with Gasteiger partial charge in [-0.1, -0.05) is 41.1 Å². The normalized spacial score (nSPS) is 10.8. The van der Waals surface area contributed by atoms with Crippen molar-refractivity contribution in [2.24, 2.45) is 0 Å². The molecule has 0 fully saturated rings. The highest BCUT2D eigenvalue weighted by Gasteiger charge is 2.07. The monoisotopic (exact) mass is 394 g/mol. The highest BCUT2D eigenvalue weighted by molar-refractivity contribution is 9.10. The Morgan fingerprint density at radius 1 is 1.04 bits per heavy atom. The van der Waals surface area contributed by atoms with Gasteiger partial charge in [0.2, 0.25) is 0 Å². The Kier molecular flexibility index (Phi) is 8.22. The van der Waals surface area contributed by atoms with E-state index in [2.05, 4.69) is 33.5 Å². The largest absolute Gasteiger partial charge is 0.488 e. The molecule has 0 aliphatic rings. The second kappa shape index (κ2) is 10.4. The van der Waals surface area contributed by atoms with Crippen LogP contribution in [0, 0.1) is 5.82 Å². The molecule has 0 spiro atoms. The van der Waals surface area contributed by atoms with Gasteiger partial charge in [-0.15, -0.1) is 0 Å². The van der Waals surface area contributed by atoms with Crippen molar-refractivity contribution >= 4 is 15.9 Å². The van der Waals surface area contributed by atoms with E-state index in [-0.39, 0.29) is 12.4 Å². The van der Waals surface area contributed by atoms with Crippen LogP contribution in [0.3, 0.4) is 0 Å². The summed E-state index contributed by atoms with van der Waals surface area (Å²) in [5.74, 6) is 0.540. The topological polar surface area (TPSA) is 33.3 Å². The Bertz CT molecular complexity index is 637. The number of hydrogen-bond donors (Lipinski definition) is 2. The van der Waals surface area contributed by atoms with Gasteiger partial charge in [0.1, 0.15) is 18.2 Å². The van der Waals surface area contributed by atoms with Crippen LogP contribution in [0.2, 0.25) is 0 Å². The molecule has 0 aliphatic heterocycles. The molecule has 24 heavy (non-hydrogen) atoms. The van der Waals surface area contributed by atoms with Crippen LogP contribution in [0.4, 0.5) is 4.39 Å². The lowest BCUT2D eigenvalue weighted by atomic mass is 10.2. The van der Waals surface area contributed by atoms with E-state index >= 15 is 0 Å². The summed E-state index contributed by atoms with van der Waals surface area (Å²) in [5, 5.41) is 6.73. The molecule has 2 aromatic rings. The molecule has 0 saturated carbocycles. The minimum Gasteiger partial charge on any atom is -0.488 e. The zero-order chi connectivity index (χ0) is 17.2. The van der Waals surface area contributed by atoms with E-state index < -0.39 is 0 Å². The van der Waals surface area contributed by atoms with Crippen LogP contribution in [0.25, 0.3) is 0 Å². The Morgan fingerprint density at radius 3 is 2.62 bits per heavy atom. The summed E-state index contributed by atoms with van der Waals surface area (Å²) in [6.07, 6.45) is 1.08. The minimum absolute atomic E-state index is 0.224. The fraction of sp³-hybridized carbons (Fsp3) is 0.368. The average molecular weight is 395 g/mol. The van der Waals surface area contributed by atoms with Gasteiger partial charge in [-0.2, -0.15) is 0 Å². The first-order valence-corrected chi connectivity index (χ1v) is 9.06. The Labute approximate surface area is 151 Å². The second-order valence-corrected chi connectivity index (χ2v) is 6.43. The van der Waals surface area contributed by atoms with E-state index in [0.29, 0.717) is 5.56 Å². The van der Waals surface area contributed by atoms with Crippen molar-refractivity contribution in [3.05, 3.63) is 63.9 Å². The summed E-state index contributed by atoms with van der Waals surface area (Å²) in [6, 6.07) is 12.6. The molecule has 0 radical (unpaired) electrons. The van der Waals surface area contributed by atoms with Crippen molar-refractivity contribution in [3.8, 4) is 5.75 Å². The lowest BCUT2D eigenvalue weighted by molar-refractivity contribution is 0.296. The fourth-order valence-corrected chi connectivity index (χ4v) is 2.74. The molecule has 2 aromatic carbocycles. The van der Waals surface area contributed by atoms with Gasteiger partial charge in [0.25, 0.3) is 0 Å². The van der Waals surface area contributed by atoms with Crippen molar-refractivity contribution in [1.82, 2.24) is 10.6 Å². The molecule has 0 bridgehead atoms. The van der Waals surface area contributed by atoms with Gasteiger partial charge in [0.15, 0.2) is 0 Å². The van der Waals surface area contributed by atoms with Crippen molar-refractivity contribution < 1.29 is 9.13 Å². The molecule has 0 saturated heterocycles. The Balaban J connectivity index is 1.91. The van der Waals surface area contributed by atoms with Gasteiger partial charge in [-0.25, -0.2) is 4.39 Å². The molecule has 130 valence electrons. The summed E-state index contributed by atoms with van der Waals surface area (Å²) < 4.78 is 20.5. The summed E-state index contributed by atoms with van der Waals surface area (Å²) in [4.78, 5) is 0. The molecule has 0 amide bonds. The predicted octanol–water partition coefficient (Wildman–Crippen LogP) is 4.26. The first-order valence-electron chi connectivity index (χ1n) is 8.26. The smallest absolute Gasteiger partial charge is 0.129 e. The third-order valence-electron chi connectivity index (χ3n) is 3.64. The van der Waals surface area contributed by atoms with E-state index in [1.807, 2.05) is 24.3 Å². The lowest BCUT2D eigenvalue weighted by Crippen LogP contribution is -2.21. The molecule has 0 atom stereocenters. The van der Waals surface area contributed by atoms with Gasteiger partial charge >= 0.3 is 0 Å². The number of halogens is 2. The number of ether oxygens (including phenoxy) is 1. The summed E-state index contributed by atoms with van der Waals surface area (Å²) in [6.45, 7) is 6.00. The number of benzene rings is 2. The van der Waals surface area contributed by atoms with E-state index in [0.717, 1.165) is 48.4 Å². The molecule has 0 aliphatic carbocycles. The highest BCUT2D eigenvalue weighted by Crippen LogP contribution is 2.24. The number of hydrogen-bond acceptors (Lipinski definition) is 3. The number of rotatable bonds is 10. The lowest BCUT2D eigenvalue weighted by Gasteiger charge is -2.13. The minimum atomic E-state index is -0.238. The maximum atomic E-state index is 13.7. The van der Waals surface area contributed by atoms with Crippen LogP contribution in [-0.4, -0.2) is 19.6 Å². The maximum Gasteiger partial charge on any atom is 0.129 e. The van der Waals surface area contributed by atoms with Crippen LogP contribution in [0.1, 0.15) is 24.5 Å². The quantitative estimate of drug-likeness (QED) is 0.590. The molecule has 3 nitrogen and oxygen atoms in total. The van der Waals surface area contributed by atoms with Crippen LogP contribution in [0.15, 0.2) is 46.9 Å². The van der Waals surface area contributed by atoms with Crippen LogP contribution >= 0.6 is 15.9 Å². The second-order valence-electron chi connectivity index (χ2n) is 5.52. The van der Waals surface area contributed by atoms with Gasteiger partial charge in [0.05, 0.1) is 0 Å². The third kappa shape index (κ3) is 6.23. The van der Waals surface area contributed by atoms with Crippen molar-refractivity contribution in [1.29, 1.82) is 0 Å².